The van der Waals surface area contributed by atoms with Gasteiger partial charge >= 0.3 is 0 Å². The van der Waals surface area contributed by atoms with Crippen molar-refractivity contribution in [3.8, 4) is 0 Å². The number of aromatic nitrogens is 2. The zero-order valence-corrected chi connectivity index (χ0v) is 12.2. The Balaban J connectivity index is 2.13. The summed E-state index contributed by atoms with van der Waals surface area (Å²) in [5.41, 5.74) is 0. The van der Waals surface area contributed by atoms with Gasteiger partial charge in [0.25, 0.3) is 0 Å². The van der Waals surface area contributed by atoms with Gasteiger partial charge in [-0.15, -0.1) is 0 Å². The summed E-state index contributed by atoms with van der Waals surface area (Å²) < 4.78 is 0. The van der Waals surface area contributed by atoms with Crippen molar-refractivity contribution in [2.24, 2.45) is 5.92 Å². The molecule has 18 heavy (non-hydrogen) atoms. The molecular formula is C14H22ClN3. The Bertz CT molecular complexity index is 398. The van der Waals surface area contributed by atoms with Crippen LogP contribution in [0.4, 0.5) is 5.82 Å². The van der Waals surface area contributed by atoms with Crippen molar-refractivity contribution >= 4 is 17.4 Å². The van der Waals surface area contributed by atoms with Crippen molar-refractivity contribution in [1.29, 1.82) is 0 Å². The van der Waals surface area contributed by atoms with Gasteiger partial charge in [-0.3, -0.25) is 0 Å². The molecule has 0 bridgehead atoms. The van der Waals surface area contributed by atoms with E-state index < -0.39 is 0 Å². The molecule has 0 aromatic carbocycles. The van der Waals surface area contributed by atoms with Crippen molar-refractivity contribution in [2.75, 3.05) is 18.0 Å². The fraction of sp³-hybridized carbons (Fsp3) is 0.714. The fourth-order valence-corrected chi connectivity index (χ4v) is 2.60. The first-order valence-electron chi connectivity index (χ1n) is 6.89. The van der Waals surface area contributed by atoms with Crippen LogP contribution in [0, 0.1) is 5.92 Å². The second-order valence-electron chi connectivity index (χ2n) is 5.40. The molecular weight excluding hydrogens is 246 g/mol. The molecule has 0 unspecified atom stereocenters. The molecule has 100 valence electrons. The molecule has 0 aliphatic carbocycles. The lowest BCUT2D eigenvalue weighted by atomic mass is 9.94. The molecule has 0 atom stereocenters. The second kappa shape index (κ2) is 5.87. The zero-order chi connectivity index (χ0) is 13.1. The van der Waals surface area contributed by atoms with Gasteiger partial charge in [-0.1, -0.05) is 38.8 Å². The molecule has 0 radical (unpaired) electrons. The molecule has 3 nitrogen and oxygen atoms in total. The van der Waals surface area contributed by atoms with Gasteiger partial charge in [0.2, 0.25) is 0 Å². The molecule has 1 aromatic heterocycles. The van der Waals surface area contributed by atoms with Crippen molar-refractivity contribution in [1.82, 2.24) is 9.97 Å². The highest BCUT2D eigenvalue weighted by molar-refractivity contribution is 6.29. The average Bonchev–Trinajstić information content (AvgIpc) is 2.38. The number of rotatable bonds is 3. The summed E-state index contributed by atoms with van der Waals surface area (Å²) in [7, 11) is 0. The van der Waals surface area contributed by atoms with Gasteiger partial charge in [0.05, 0.1) is 0 Å². The summed E-state index contributed by atoms with van der Waals surface area (Å²) in [6.07, 6.45) is 3.81. The summed E-state index contributed by atoms with van der Waals surface area (Å²) >= 11 is 6.09. The maximum absolute atomic E-state index is 6.09. The van der Waals surface area contributed by atoms with Crippen LogP contribution in [0.5, 0.6) is 0 Å². The van der Waals surface area contributed by atoms with Crippen molar-refractivity contribution < 1.29 is 0 Å². The summed E-state index contributed by atoms with van der Waals surface area (Å²) in [6.45, 7) is 8.64. The molecule has 1 aliphatic heterocycles. The van der Waals surface area contributed by atoms with E-state index in [1.54, 1.807) is 0 Å². The molecule has 2 rings (SSSR count). The Kier molecular flexibility index (Phi) is 4.44. The molecule has 1 aromatic rings. The molecule has 1 fully saturated rings. The van der Waals surface area contributed by atoms with Crippen LogP contribution in [0.2, 0.25) is 5.15 Å². The van der Waals surface area contributed by atoms with Crippen LogP contribution in [0.15, 0.2) is 6.07 Å². The van der Waals surface area contributed by atoms with E-state index in [9.17, 15) is 0 Å². The number of halogens is 1. The minimum atomic E-state index is 0.315. The first-order chi connectivity index (χ1) is 8.60. The summed E-state index contributed by atoms with van der Waals surface area (Å²) in [4.78, 5) is 11.3. The summed E-state index contributed by atoms with van der Waals surface area (Å²) in [6, 6.07) is 1.89. The topological polar surface area (TPSA) is 29.0 Å². The predicted octanol–water partition coefficient (Wildman–Crippen LogP) is 3.88. The Morgan fingerprint density at radius 2 is 2.00 bits per heavy atom. The fourth-order valence-electron chi connectivity index (χ4n) is 2.41. The van der Waals surface area contributed by atoms with E-state index in [-0.39, 0.29) is 0 Å². The highest BCUT2D eigenvalue weighted by Gasteiger charge is 2.20. The van der Waals surface area contributed by atoms with E-state index in [2.05, 4.69) is 35.6 Å². The number of nitrogens with zero attached hydrogens (tertiary/aromatic N) is 3. The molecule has 1 aliphatic rings. The average molecular weight is 268 g/mol. The van der Waals surface area contributed by atoms with E-state index >= 15 is 0 Å². The summed E-state index contributed by atoms with van der Waals surface area (Å²) in [5.74, 6) is 3.03. The van der Waals surface area contributed by atoms with Crippen LogP contribution in [0.1, 0.15) is 51.8 Å². The highest BCUT2D eigenvalue weighted by atomic mass is 35.5. The normalized spacial score (nSPS) is 17.5. The van der Waals surface area contributed by atoms with Gasteiger partial charge in [0.1, 0.15) is 16.8 Å². The van der Waals surface area contributed by atoms with Crippen LogP contribution in [0.3, 0.4) is 0 Å². The van der Waals surface area contributed by atoms with Gasteiger partial charge in [-0.05, 0) is 18.8 Å². The van der Waals surface area contributed by atoms with E-state index in [1.807, 2.05) is 6.07 Å². The number of hydrogen-bond donors (Lipinski definition) is 0. The van der Waals surface area contributed by atoms with Crippen LogP contribution >= 0.6 is 11.6 Å². The van der Waals surface area contributed by atoms with E-state index in [0.717, 1.165) is 30.6 Å². The molecule has 0 N–H and O–H groups in total. The smallest absolute Gasteiger partial charge is 0.135 e. The van der Waals surface area contributed by atoms with Crippen LogP contribution in [-0.4, -0.2) is 23.1 Å². The van der Waals surface area contributed by atoms with Gasteiger partial charge < -0.3 is 4.90 Å². The third-order valence-electron chi connectivity index (χ3n) is 3.73. The monoisotopic (exact) mass is 267 g/mol. The number of hydrogen-bond acceptors (Lipinski definition) is 3. The van der Waals surface area contributed by atoms with E-state index in [4.69, 9.17) is 11.6 Å². The maximum atomic E-state index is 6.09. The van der Waals surface area contributed by atoms with Gasteiger partial charge in [0.15, 0.2) is 0 Å². The third kappa shape index (κ3) is 3.14. The first-order valence-corrected chi connectivity index (χ1v) is 7.27. The molecule has 0 saturated carbocycles. The lowest BCUT2D eigenvalue weighted by molar-refractivity contribution is 0.393. The first kappa shape index (κ1) is 13.6. The Labute approximate surface area is 115 Å². The number of piperidine rings is 1. The molecule has 4 heteroatoms. The van der Waals surface area contributed by atoms with Crippen molar-refractivity contribution in [3.63, 3.8) is 0 Å². The Hall–Kier alpha value is -0.830. The van der Waals surface area contributed by atoms with E-state index in [0.29, 0.717) is 11.1 Å². The molecule has 2 heterocycles. The van der Waals surface area contributed by atoms with Gasteiger partial charge in [-0.2, -0.15) is 0 Å². The maximum Gasteiger partial charge on any atom is 0.135 e. The lowest BCUT2D eigenvalue weighted by Gasteiger charge is -2.32. The third-order valence-corrected chi connectivity index (χ3v) is 3.92. The Morgan fingerprint density at radius 3 is 2.56 bits per heavy atom. The van der Waals surface area contributed by atoms with Crippen LogP contribution in [0.25, 0.3) is 0 Å². The van der Waals surface area contributed by atoms with E-state index in [1.165, 1.54) is 19.3 Å². The predicted molar refractivity (Wildman–Crippen MR) is 76.4 cm³/mol. The molecule has 1 saturated heterocycles. The largest absolute Gasteiger partial charge is 0.356 e. The minimum absolute atomic E-state index is 0.315. The van der Waals surface area contributed by atoms with Crippen molar-refractivity contribution in [2.45, 2.75) is 46.0 Å². The SMILES string of the molecule is CCC1CCN(c2cc(Cl)nc(C(C)C)n2)CC1. The quantitative estimate of drug-likeness (QED) is 0.779. The van der Waals surface area contributed by atoms with Crippen LogP contribution in [-0.2, 0) is 0 Å². The minimum Gasteiger partial charge on any atom is -0.356 e. The zero-order valence-electron chi connectivity index (χ0n) is 11.5. The number of anilines is 1. The second-order valence-corrected chi connectivity index (χ2v) is 5.79. The lowest BCUT2D eigenvalue weighted by Crippen LogP contribution is -2.34. The van der Waals surface area contributed by atoms with Gasteiger partial charge in [0, 0.05) is 25.1 Å². The Morgan fingerprint density at radius 1 is 1.33 bits per heavy atom. The molecule has 0 amide bonds. The highest BCUT2D eigenvalue weighted by Crippen LogP contribution is 2.26. The summed E-state index contributed by atoms with van der Waals surface area (Å²) in [5, 5.41) is 0.557. The van der Waals surface area contributed by atoms with Crippen LogP contribution < -0.4 is 4.90 Å². The standard InChI is InChI=1S/C14H22ClN3/c1-4-11-5-7-18(8-6-11)13-9-12(15)16-14(17-13)10(2)3/h9-11H,4-8H2,1-3H3. The van der Waals surface area contributed by atoms with Gasteiger partial charge in [-0.25, -0.2) is 9.97 Å². The van der Waals surface area contributed by atoms with Crippen molar-refractivity contribution in [3.05, 3.63) is 17.0 Å². The molecule has 0 spiro atoms.